The number of methoxy groups -OCH3 is 1. The summed E-state index contributed by atoms with van der Waals surface area (Å²) >= 11 is 0. The molecule has 0 saturated heterocycles. The molecule has 0 bridgehead atoms. The molecule has 0 radical (unpaired) electrons. The summed E-state index contributed by atoms with van der Waals surface area (Å²) in [4.78, 5) is 7.51. The number of aliphatic hydroxyl groups excluding tert-OH is 1. The Morgan fingerprint density at radius 3 is 2.73 bits per heavy atom. The number of rotatable bonds is 9. The van der Waals surface area contributed by atoms with Crippen LogP contribution in [0.15, 0.2) is 79.1 Å². The lowest BCUT2D eigenvalue weighted by molar-refractivity contribution is 0.110. The average Bonchev–Trinajstić information content (AvgIpc) is 3.57. The van der Waals surface area contributed by atoms with Gasteiger partial charge < -0.3 is 19.6 Å². The van der Waals surface area contributed by atoms with Crippen molar-refractivity contribution in [3.8, 4) is 11.5 Å². The fourth-order valence-corrected chi connectivity index (χ4v) is 4.02. The van der Waals surface area contributed by atoms with Crippen molar-refractivity contribution in [2.75, 3.05) is 7.11 Å². The zero-order chi connectivity index (χ0) is 25.6. The molecule has 2 aromatic carbocycles. The van der Waals surface area contributed by atoms with Crippen molar-refractivity contribution in [2.45, 2.75) is 19.8 Å². The first-order valence-electron chi connectivity index (χ1n) is 12.0. The molecule has 7 nitrogen and oxygen atoms in total. The normalized spacial score (nSPS) is 12.5. The molecule has 2 N–H and O–H groups in total. The topological polar surface area (TPSA) is 85.2 Å². The third-order valence-corrected chi connectivity index (χ3v) is 5.91. The summed E-state index contributed by atoms with van der Waals surface area (Å²) in [7, 11) is 1.63. The van der Waals surface area contributed by atoms with Gasteiger partial charge >= 0.3 is 0 Å². The summed E-state index contributed by atoms with van der Waals surface area (Å²) in [6, 6.07) is 21.6. The predicted molar refractivity (Wildman–Crippen MR) is 147 cm³/mol. The number of ether oxygens (including phenoxy) is 2. The Bertz CT molecular complexity index is 1550. The molecule has 0 aliphatic rings. The Morgan fingerprint density at radius 1 is 1.00 bits per heavy atom. The highest BCUT2D eigenvalue weighted by Crippen LogP contribution is 2.27. The van der Waals surface area contributed by atoms with Gasteiger partial charge in [-0.05, 0) is 78.6 Å². The van der Waals surface area contributed by atoms with Gasteiger partial charge in [0.2, 0.25) is 0 Å². The van der Waals surface area contributed by atoms with Crippen molar-refractivity contribution in [1.29, 1.82) is 0 Å². The van der Waals surface area contributed by atoms with Crippen molar-refractivity contribution in [3.63, 3.8) is 0 Å². The summed E-state index contributed by atoms with van der Waals surface area (Å²) in [5.41, 5.74) is 5.40. The number of hydrogen-bond acceptors (Lipinski definition) is 5. The van der Waals surface area contributed by atoms with E-state index in [0.29, 0.717) is 18.1 Å². The number of nitrogens with one attached hydrogen (secondary N) is 1. The second kappa shape index (κ2) is 11.0. The molecule has 0 saturated carbocycles. The number of fused-ring (bicyclic) bond motifs is 1. The SMILES string of the molecule is COc1cc(OCc2ccccn2)ccc1C=Cc1cc(C=Cc2ccc3cc[nH]c3c2)nn1C(C)O. The van der Waals surface area contributed by atoms with E-state index in [9.17, 15) is 5.11 Å². The lowest BCUT2D eigenvalue weighted by Crippen LogP contribution is -2.07. The number of aromatic nitrogens is 4. The van der Waals surface area contributed by atoms with Crippen LogP contribution in [-0.4, -0.2) is 32.0 Å². The van der Waals surface area contributed by atoms with Crippen molar-refractivity contribution in [3.05, 3.63) is 107 Å². The van der Waals surface area contributed by atoms with Crippen molar-refractivity contribution < 1.29 is 14.6 Å². The van der Waals surface area contributed by atoms with E-state index in [0.717, 1.165) is 33.7 Å². The second-order valence-corrected chi connectivity index (χ2v) is 8.58. The Morgan fingerprint density at radius 2 is 1.92 bits per heavy atom. The van der Waals surface area contributed by atoms with Crippen LogP contribution in [0.4, 0.5) is 0 Å². The molecule has 5 aromatic rings. The van der Waals surface area contributed by atoms with Crippen LogP contribution in [-0.2, 0) is 6.61 Å². The van der Waals surface area contributed by atoms with Crippen LogP contribution in [0.2, 0.25) is 0 Å². The zero-order valence-electron chi connectivity index (χ0n) is 20.7. The molecule has 7 heteroatoms. The Labute approximate surface area is 215 Å². The van der Waals surface area contributed by atoms with Gasteiger partial charge in [-0.15, -0.1) is 0 Å². The van der Waals surface area contributed by atoms with Crippen LogP contribution in [0.3, 0.4) is 0 Å². The Kier molecular flexibility index (Phi) is 7.14. The first kappa shape index (κ1) is 24.1. The van der Waals surface area contributed by atoms with Gasteiger partial charge in [-0.1, -0.05) is 24.3 Å². The molecule has 0 aliphatic heterocycles. The van der Waals surface area contributed by atoms with E-state index in [1.54, 1.807) is 24.9 Å². The molecule has 5 rings (SSSR count). The first-order valence-corrected chi connectivity index (χ1v) is 12.0. The molecule has 0 amide bonds. The van der Waals surface area contributed by atoms with Gasteiger partial charge in [-0.25, -0.2) is 4.68 Å². The summed E-state index contributed by atoms with van der Waals surface area (Å²) < 4.78 is 13.0. The van der Waals surface area contributed by atoms with E-state index in [1.807, 2.05) is 79.0 Å². The highest BCUT2D eigenvalue weighted by molar-refractivity contribution is 5.83. The van der Waals surface area contributed by atoms with Gasteiger partial charge in [0.05, 0.1) is 24.2 Å². The van der Waals surface area contributed by atoms with Gasteiger partial charge in [0.1, 0.15) is 24.3 Å². The maximum absolute atomic E-state index is 10.3. The van der Waals surface area contributed by atoms with E-state index in [4.69, 9.17) is 9.47 Å². The standard InChI is InChI=1S/C30H28N4O3/c1-21(35)34-27(18-25(33-34)11-7-22-6-8-23-14-16-32-29(23)17-22)12-9-24-10-13-28(19-30(24)36-2)37-20-26-5-3-4-15-31-26/h3-19,21,32,35H,20H2,1-2H3. The van der Waals surface area contributed by atoms with E-state index in [1.165, 1.54) is 5.39 Å². The fraction of sp³-hybridized carbons (Fsp3) is 0.133. The quantitative estimate of drug-likeness (QED) is 0.256. The molecular formula is C30H28N4O3. The molecule has 3 aromatic heterocycles. The molecule has 0 aliphatic carbocycles. The molecule has 186 valence electrons. The van der Waals surface area contributed by atoms with Gasteiger partial charge in [-0.2, -0.15) is 5.10 Å². The molecule has 0 spiro atoms. The fourth-order valence-electron chi connectivity index (χ4n) is 4.02. The number of hydrogen-bond donors (Lipinski definition) is 2. The summed E-state index contributed by atoms with van der Waals surface area (Å²) in [5, 5.41) is 16.0. The number of benzene rings is 2. The summed E-state index contributed by atoms with van der Waals surface area (Å²) in [6.07, 6.45) is 10.7. The molecule has 0 fully saturated rings. The lowest BCUT2D eigenvalue weighted by Gasteiger charge is -2.10. The molecular weight excluding hydrogens is 464 g/mol. The van der Waals surface area contributed by atoms with Crippen LogP contribution in [0.1, 0.15) is 41.4 Å². The summed E-state index contributed by atoms with van der Waals surface area (Å²) in [5.74, 6) is 1.37. The maximum Gasteiger partial charge on any atom is 0.144 e. The van der Waals surface area contributed by atoms with E-state index in [2.05, 4.69) is 33.3 Å². The number of aliphatic hydroxyl groups is 1. The van der Waals surface area contributed by atoms with E-state index in [-0.39, 0.29) is 0 Å². The van der Waals surface area contributed by atoms with Crippen LogP contribution in [0.5, 0.6) is 11.5 Å². The predicted octanol–water partition coefficient (Wildman–Crippen LogP) is 6.20. The van der Waals surface area contributed by atoms with Crippen LogP contribution >= 0.6 is 0 Å². The molecule has 37 heavy (non-hydrogen) atoms. The third-order valence-electron chi connectivity index (χ3n) is 5.91. The Hall–Kier alpha value is -4.62. The molecule has 3 heterocycles. The van der Waals surface area contributed by atoms with Gasteiger partial charge in [0, 0.05) is 29.5 Å². The highest BCUT2D eigenvalue weighted by Gasteiger charge is 2.09. The second-order valence-electron chi connectivity index (χ2n) is 8.58. The summed E-state index contributed by atoms with van der Waals surface area (Å²) in [6.45, 7) is 2.06. The Balaban J connectivity index is 1.33. The smallest absolute Gasteiger partial charge is 0.144 e. The van der Waals surface area contributed by atoms with Gasteiger partial charge in [0.15, 0.2) is 0 Å². The first-order chi connectivity index (χ1) is 18.1. The largest absolute Gasteiger partial charge is 0.496 e. The minimum absolute atomic E-state index is 0.377. The minimum atomic E-state index is -0.777. The lowest BCUT2D eigenvalue weighted by atomic mass is 10.1. The maximum atomic E-state index is 10.3. The van der Waals surface area contributed by atoms with Crippen LogP contribution < -0.4 is 9.47 Å². The third kappa shape index (κ3) is 5.79. The number of aromatic amines is 1. The van der Waals surface area contributed by atoms with Crippen molar-refractivity contribution in [1.82, 2.24) is 19.7 Å². The van der Waals surface area contributed by atoms with Crippen molar-refractivity contribution in [2.24, 2.45) is 0 Å². The number of nitrogens with zero attached hydrogens (tertiary/aromatic N) is 3. The zero-order valence-corrected chi connectivity index (χ0v) is 20.7. The van der Waals surface area contributed by atoms with Gasteiger partial charge in [-0.3, -0.25) is 4.98 Å². The average molecular weight is 493 g/mol. The van der Waals surface area contributed by atoms with E-state index < -0.39 is 6.23 Å². The number of pyridine rings is 1. The highest BCUT2D eigenvalue weighted by atomic mass is 16.5. The monoisotopic (exact) mass is 492 g/mol. The van der Waals surface area contributed by atoms with Crippen LogP contribution in [0.25, 0.3) is 35.2 Å². The molecule has 1 unspecified atom stereocenters. The number of H-pyrrole nitrogens is 1. The minimum Gasteiger partial charge on any atom is -0.496 e. The van der Waals surface area contributed by atoms with Gasteiger partial charge in [0.25, 0.3) is 0 Å². The van der Waals surface area contributed by atoms with E-state index >= 15 is 0 Å². The molecule has 1 atom stereocenters. The van der Waals surface area contributed by atoms with Crippen molar-refractivity contribution >= 4 is 35.2 Å². The van der Waals surface area contributed by atoms with Crippen LogP contribution in [0, 0.1) is 0 Å².